The topological polar surface area (TPSA) is 132 Å². The number of oxazole rings is 1. The summed E-state index contributed by atoms with van der Waals surface area (Å²) in [6.07, 6.45) is 6.01. The van der Waals surface area contributed by atoms with Crippen molar-refractivity contribution >= 4 is 40.8 Å². The highest BCUT2D eigenvalue weighted by atomic mass is 35.5. The normalized spacial score (nSPS) is 21.2. The first-order valence-electron chi connectivity index (χ1n) is 12.2. The molecule has 0 unspecified atom stereocenters. The third-order valence-electron chi connectivity index (χ3n) is 7.58. The largest absolute Gasteiger partial charge is 0.447 e. The van der Waals surface area contributed by atoms with E-state index in [4.69, 9.17) is 42.2 Å². The van der Waals surface area contributed by atoms with Crippen molar-refractivity contribution in [1.82, 2.24) is 19.9 Å². The molecule has 12 heteroatoms. The Morgan fingerprint density at radius 3 is 2.58 bits per heavy atom. The number of fused-ring (bicyclic) bond motifs is 1. The van der Waals surface area contributed by atoms with E-state index in [0.29, 0.717) is 29.1 Å². The van der Waals surface area contributed by atoms with Crippen molar-refractivity contribution in [3.63, 3.8) is 0 Å². The van der Waals surface area contributed by atoms with Gasteiger partial charge in [-0.25, -0.2) is 19.9 Å². The molecule has 1 aliphatic carbocycles. The van der Waals surface area contributed by atoms with Gasteiger partial charge in [-0.2, -0.15) is 0 Å². The zero-order valence-corrected chi connectivity index (χ0v) is 21.7. The predicted molar refractivity (Wildman–Crippen MR) is 139 cm³/mol. The Kier molecular flexibility index (Phi) is 6.19. The molecule has 4 N–H and O–H groups in total. The number of aromatic nitrogens is 4. The van der Waals surface area contributed by atoms with E-state index in [-0.39, 0.29) is 11.5 Å². The quantitative estimate of drug-likeness (QED) is 0.517. The van der Waals surface area contributed by atoms with Crippen LogP contribution in [0.4, 0.5) is 17.5 Å². The highest BCUT2D eigenvalue weighted by Gasteiger charge is 2.49. The zero-order chi connectivity index (χ0) is 24.9. The van der Waals surface area contributed by atoms with Crippen LogP contribution in [0.3, 0.4) is 0 Å². The van der Waals surface area contributed by atoms with E-state index in [1.807, 2.05) is 13.0 Å². The molecule has 2 fully saturated rings. The number of hydrogen-bond donors (Lipinski definition) is 2. The average molecular weight is 529 g/mol. The summed E-state index contributed by atoms with van der Waals surface area (Å²) >= 11 is 8.17. The number of piperidine rings is 1. The second-order valence-electron chi connectivity index (χ2n) is 9.64. The first kappa shape index (κ1) is 23.8. The number of nitrogens with two attached hydrogens (primary N) is 2. The molecular weight excluding hydrogens is 500 g/mol. The Labute approximate surface area is 218 Å². The third kappa shape index (κ3) is 4.07. The van der Waals surface area contributed by atoms with E-state index >= 15 is 0 Å². The molecule has 36 heavy (non-hydrogen) atoms. The molecule has 0 amide bonds. The third-order valence-corrected chi connectivity index (χ3v) is 9.12. The molecule has 3 aromatic rings. The molecule has 3 aromatic heterocycles. The fraction of sp³-hybridized carbons (Fsp3) is 0.500. The Hall–Kier alpha value is -2.60. The predicted octanol–water partition coefficient (Wildman–Crippen LogP) is 3.23. The van der Waals surface area contributed by atoms with Gasteiger partial charge in [-0.15, -0.1) is 0 Å². The summed E-state index contributed by atoms with van der Waals surface area (Å²) in [6.45, 7) is 6.49. The van der Waals surface area contributed by atoms with E-state index in [0.717, 1.165) is 79.1 Å². The number of anilines is 3. The van der Waals surface area contributed by atoms with E-state index in [1.54, 1.807) is 6.20 Å². The Bertz CT molecular complexity index is 1270. The molecule has 1 atom stereocenters. The first-order valence-corrected chi connectivity index (χ1v) is 13.4. The number of morpholine rings is 1. The summed E-state index contributed by atoms with van der Waals surface area (Å²) in [5.74, 6) is 2.82. The highest BCUT2D eigenvalue weighted by Crippen LogP contribution is 2.51. The summed E-state index contributed by atoms with van der Waals surface area (Å²) < 4.78 is 11.0. The standard InChI is InChI=1S/C24H29ClN8O2S/c1-14-21(32-6-3-24(4-7-32)12-15-18(19(24)26)35-13-29-15)31-20(27)23(30-14)36-16-2-5-28-22(17(16)25)33-8-10-34-11-9-33/h2,5,13,19H,3-4,6-12,26H2,1H3,(H2,27,31)/t19-/m1/s1. The summed E-state index contributed by atoms with van der Waals surface area (Å²) in [4.78, 5) is 23.7. The first-order chi connectivity index (χ1) is 17.4. The van der Waals surface area contributed by atoms with Gasteiger partial charge in [0.2, 0.25) is 0 Å². The van der Waals surface area contributed by atoms with Gasteiger partial charge in [-0.1, -0.05) is 23.4 Å². The summed E-state index contributed by atoms with van der Waals surface area (Å²) in [6, 6.07) is 1.77. The minimum atomic E-state index is -0.111. The van der Waals surface area contributed by atoms with Gasteiger partial charge in [0.15, 0.2) is 18.0 Å². The van der Waals surface area contributed by atoms with Crippen LogP contribution in [0.5, 0.6) is 0 Å². The molecular formula is C24H29ClN8O2S. The maximum absolute atomic E-state index is 6.75. The van der Waals surface area contributed by atoms with Gasteiger partial charge >= 0.3 is 0 Å². The molecule has 3 aliphatic rings. The van der Waals surface area contributed by atoms with Crippen LogP contribution >= 0.6 is 23.4 Å². The van der Waals surface area contributed by atoms with Crippen LogP contribution in [-0.2, 0) is 11.2 Å². The maximum atomic E-state index is 6.75. The van der Waals surface area contributed by atoms with Crippen LogP contribution in [-0.4, -0.2) is 59.3 Å². The number of rotatable bonds is 4. The number of halogens is 1. The van der Waals surface area contributed by atoms with Crippen molar-refractivity contribution in [1.29, 1.82) is 0 Å². The fourth-order valence-electron chi connectivity index (χ4n) is 5.51. The minimum Gasteiger partial charge on any atom is -0.447 e. The summed E-state index contributed by atoms with van der Waals surface area (Å²) in [5.41, 5.74) is 14.8. The number of ether oxygens (including phenoxy) is 1. The molecule has 0 saturated carbocycles. The minimum absolute atomic E-state index is 0.00210. The number of hydrogen-bond acceptors (Lipinski definition) is 11. The summed E-state index contributed by atoms with van der Waals surface area (Å²) in [5, 5.41) is 1.23. The van der Waals surface area contributed by atoms with Crippen LogP contribution < -0.4 is 21.3 Å². The van der Waals surface area contributed by atoms with Crippen LogP contribution in [0.25, 0.3) is 0 Å². The SMILES string of the molecule is Cc1nc(Sc2ccnc(N3CCOCC3)c2Cl)c(N)nc1N1CCC2(CC1)Cc1ncoc1[C@H]2N. The van der Waals surface area contributed by atoms with Crippen molar-refractivity contribution in [3.05, 3.63) is 40.8 Å². The lowest BCUT2D eigenvalue weighted by molar-refractivity contribution is 0.122. The number of pyridine rings is 1. The number of nitrogens with zero attached hydrogens (tertiary/aromatic N) is 6. The van der Waals surface area contributed by atoms with Gasteiger partial charge in [0.05, 0.1) is 35.7 Å². The Morgan fingerprint density at radius 2 is 1.83 bits per heavy atom. The molecule has 2 aliphatic heterocycles. The van der Waals surface area contributed by atoms with Gasteiger partial charge in [0.25, 0.3) is 0 Å². The molecule has 0 aromatic carbocycles. The van der Waals surface area contributed by atoms with Crippen molar-refractivity contribution in [2.45, 2.75) is 42.1 Å². The van der Waals surface area contributed by atoms with Crippen LogP contribution in [0.15, 0.2) is 33.0 Å². The zero-order valence-electron chi connectivity index (χ0n) is 20.1. The molecule has 2 saturated heterocycles. The molecule has 0 radical (unpaired) electrons. The van der Waals surface area contributed by atoms with Crippen LogP contribution in [0.2, 0.25) is 5.02 Å². The van der Waals surface area contributed by atoms with E-state index < -0.39 is 0 Å². The second kappa shape index (κ2) is 9.37. The summed E-state index contributed by atoms with van der Waals surface area (Å²) in [7, 11) is 0. The van der Waals surface area contributed by atoms with E-state index in [1.165, 1.54) is 18.2 Å². The van der Waals surface area contributed by atoms with Crippen molar-refractivity contribution in [2.75, 3.05) is 54.9 Å². The van der Waals surface area contributed by atoms with Crippen LogP contribution in [0, 0.1) is 12.3 Å². The molecule has 6 rings (SSSR count). The Morgan fingerprint density at radius 1 is 1.08 bits per heavy atom. The van der Waals surface area contributed by atoms with Gasteiger partial charge in [0.1, 0.15) is 16.6 Å². The number of nitrogen functional groups attached to an aromatic ring is 1. The Balaban J connectivity index is 1.18. The van der Waals surface area contributed by atoms with Crippen molar-refractivity contribution in [2.24, 2.45) is 11.1 Å². The smallest absolute Gasteiger partial charge is 0.181 e. The maximum Gasteiger partial charge on any atom is 0.181 e. The van der Waals surface area contributed by atoms with Gasteiger partial charge < -0.3 is 30.4 Å². The molecule has 190 valence electrons. The lowest BCUT2D eigenvalue weighted by Crippen LogP contribution is -2.45. The molecule has 5 heterocycles. The molecule has 0 bridgehead atoms. The van der Waals surface area contributed by atoms with Crippen LogP contribution in [0.1, 0.15) is 36.0 Å². The van der Waals surface area contributed by atoms with Gasteiger partial charge in [-0.05, 0) is 25.8 Å². The number of aryl methyl sites for hydroxylation is 1. The van der Waals surface area contributed by atoms with Crippen molar-refractivity contribution < 1.29 is 9.15 Å². The van der Waals surface area contributed by atoms with E-state index in [9.17, 15) is 0 Å². The lowest BCUT2D eigenvalue weighted by Gasteiger charge is -2.42. The lowest BCUT2D eigenvalue weighted by atomic mass is 9.73. The van der Waals surface area contributed by atoms with Gasteiger partial charge in [0, 0.05) is 49.1 Å². The van der Waals surface area contributed by atoms with Gasteiger partial charge in [-0.3, -0.25) is 0 Å². The molecule has 10 nitrogen and oxygen atoms in total. The second-order valence-corrected chi connectivity index (χ2v) is 11.0. The monoisotopic (exact) mass is 528 g/mol. The molecule has 1 spiro atoms. The fourth-order valence-corrected chi connectivity index (χ4v) is 6.71. The highest BCUT2D eigenvalue weighted by molar-refractivity contribution is 7.99. The van der Waals surface area contributed by atoms with E-state index in [2.05, 4.69) is 19.8 Å². The van der Waals surface area contributed by atoms with Crippen molar-refractivity contribution in [3.8, 4) is 0 Å². The average Bonchev–Trinajstić information content (AvgIpc) is 3.44.